The monoisotopic (exact) mass is 288 g/mol. The van der Waals surface area contributed by atoms with Gasteiger partial charge in [-0.3, -0.25) is 4.79 Å². The average molecular weight is 288 g/mol. The summed E-state index contributed by atoms with van der Waals surface area (Å²) in [7, 11) is 0. The van der Waals surface area contributed by atoms with Crippen LogP contribution in [-0.4, -0.2) is 31.7 Å². The number of carbonyl (C=O) groups is 1. The van der Waals surface area contributed by atoms with Crippen LogP contribution in [0.25, 0.3) is 0 Å². The van der Waals surface area contributed by atoms with Crippen molar-refractivity contribution in [2.45, 2.75) is 37.9 Å². The molecule has 0 radical (unpaired) electrons. The lowest BCUT2D eigenvalue weighted by atomic mass is 10.0. The maximum atomic E-state index is 12.3. The first-order valence-electron chi connectivity index (χ1n) is 6.66. The summed E-state index contributed by atoms with van der Waals surface area (Å²) in [5.41, 5.74) is 2.98. The van der Waals surface area contributed by atoms with Crippen LogP contribution in [0.1, 0.15) is 40.4 Å². The number of ketones is 1. The maximum absolute atomic E-state index is 12.3. The predicted octanol–water partition coefficient (Wildman–Crippen LogP) is 2.60. The second kappa shape index (κ2) is 5.36. The molecule has 0 saturated heterocycles. The summed E-state index contributed by atoms with van der Waals surface area (Å²) in [6.07, 6.45) is 2.26. The van der Waals surface area contributed by atoms with Crippen molar-refractivity contribution in [1.82, 2.24) is 20.2 Å². The minimum Gasteiger partial charge on any atom is -0.293 e. The van der Waals surface area contributed by atoms with E-state index in [9.17, 15) is 4.79 Å². The highest BCUT2D eigenvalue weighted by Gasteiger charge is 2.28. The van der Waals surface area contributed by atoms with Gasteiger partial charge in [-0.2, -0.15) is 0 Å². The van der Waals surface area contributed by atoms with E-state index in [4.69, 9.17) is 0 Å². The highest BCUT2D eigenvalue weighted by molar-refractivity contribution is 7.99. The molecular formula is C14H16N4OS. The Morgan fingerprint density at radius 3 is 2.90 bits per heavy atom. The Hall–Kier alpha value is -1.69. The molecule has 1 aliphatic carbocycles. The molecule has 5 nitrogen and oxygen atoms in total. The molecule has 1 aromatic carbocycles. The zero-order chi connectivity index (χ0) is 14.1. The average Bonchev–Trinajstić information content (AvgIpc) is 3.15. The lowest BCUT2D eigenvalue weighted by molar-refractivity contribution is 0.102. The molecule has 1 fully saturated rings. The number of tetrazole rings is 1. The third-order valence-electron chi connectivity index (χ3n) is 3.37. The minimum atomic E-state index is 0.123. The van der Waals surface area contributed by atoms with Crippen LogP contribution in [-0.2, 0) is 0 Å². The highest BCUT2D eigenvalue weighted by Crippen LogP contribution is 2.36. The number of thioether (sulfide) groups is 1. The molecule has 1 heterocycles. The number of aryl methyl sites for hydroxylation is 2. The van der Waals surface area contributed by atoms with Crippen molar-refractivity contribution in [2.75, 3.05) is 5.75 Å². The van der Waals surface area contributed by atoms with Crippen LogP contribution in [0.3, 0.4) is 0 Å². The Morgan fingerprint density at radius 1 is 1.40 bits per heavy atom. The van der Waals surface area contributed by atoms with Crippen LogP contribution in [0, 0.1) is 13.8 Å². The fraction of sp³-hybridized carbons (Fsp3) is 0.429. The van der Waals surface area contributed by atoms with Gasteiger partial charge in [-0.1, -0.05) is 35.5 Å². The Labute approximate surface area is 121 Å². The summed E-state index contributed by atoms with van der Waals surface area (Å²) < 4.78 is 1.83. The molecular weight excluding hydrogens is 272 g/mol. The summed E-state index contributed by atoms with van der Waals surface area (Å²) in [4.78, 5) is 12.3. The van der Waals surface area contributed by atoms with Gasteiger partial charge in [-0.15, -0.1) is 5.10 Å². The van der Waals surface area contributed by atoms with E-state index in [-0.39, 0.29) is 5.78 Å². The zero-order valence-corrected chi connectivity index (χ0v) is 12.4. The van der Waals surface area contributed by atoms with Crippen molar-refractivity contribution >= 4 is 17.5 Å². The van der Waals surface area contributed by atoms with E-state index in [1.165, 1.54) is 17.3 Å². The van der Waals surface area contributed by atoms with Crippen molar-refractivity contribution in [2.24, 2.45) is 0 Å². The molecule has 0 spiro atoms. The number of hydrogen-bond acceptors (Lipinski definition) is 5. The molecule has 1 aromatic heterocycles. The smallest absolute Gasteiger partial charge is 0.210 e. The lowest BCUT2D eigenvalue weighted by Gasteiger charge is -2.06. The first kappa shape index (κ1) is 13.3. The molecule has 20 heavy (non-hydrogen) atoms. The van der Waals surface area contributed by atoms with Gasteiger partial charge in [0.15, 0.2) is 5.78 Å². The van der Waals surface area contributed by atoms with Crippen molar-refractivity contribution in [3.63, 3.8) is 0 Å². The second-order valence-corrected chi connectivity index (χ2v) is 6.11. The van der Waals surface area contributed by atoms with Gasteiger partial charge >= 0.3 is 0 Å². The Morgan fingerprint density at radius 2 is 2.20 bits per heavy atom. The molecule has 0 atom stereocenters. The Bertz CT molecular complexity index is 648. The van der Waals surface area contributed by atoms with Crippen LogP contribution in [0.2, 0.25) is 0 Å². The quantitative estimate of drug-likeness (QED) is 0.625. The number of hydrogen-bond donors (Lipinski definition) is 0. The predicted molar refractivity (Wildman–Crippen MR) is 77.1 cm³/mol. The van der Waals surface area contributed by atoms with Crippen LogP contribution < -0.4 is 0 Å². The van der Waals surface area contributed by atoms with Gasteiger partial charge in [-0.25, -0.2) is 4.68 Å². The van der Waals surface area contributed by atoms with E-state index in [0.29, 0.717) is 11.8 Å². The van der Waals surface area contributed by atoms with Crippen LogP contribution in [0.15, 0.2) is 23.4 Å². The van der Waals surface area contributed by atoms with E-state index in [1.807, 2.05) is 36.7 Å². The van der Waals surface area contributed by atoms with Crippen LogP contribution in [0.4, 0.5) is 0 Å². The fourth-order valence-electron chi connectivity index (χ4n) is 2.16. The molecule has 6 heteroatoms. The third kappa shape index (κ3) is 2.75. The number of carbonyl (C=O) groups excluding carboxylic acids is 1. The van der Waals surface area contributed by atoms with Gasteiger partial charge in [-0.05, 0) is 42.7 Å². The SMILES string of the molecule is Cc1ccc(C(=O)CSc2nnnn2C2CC2)c(C)c1. The molecule has 0 N–H and O–H groups in total. The number of Topliss-reactive ketones (excluding diaryl/α,β-unsaturated/α-hetero) is 1. The van der Waals surface area contributed by atoms with Gasteiger partial charge in [0.05, 0.1) is 11.8 Å². The van der Waals surface area contributed by atoms with Gasteiger partial charge in [0.2, 0.25) is 5.16 Å². The lowest BCUT2D eigenvalue weighted by Crippen LogP contribution is -2.07. The Kier molecular flexibility index (Phi) is 3.56. The highest BCUT2D eigenvalue weighted by atomic mass is 32.2. The zero-order valence-electron chi connectivity index (χ0n) is 11.5. The van der Waals surface area contributed by atoms with Crippen molar-refractivity contribution in [3.8, 4) is 0 Å². The van der Waals surface area contributed by atoms with Gasteiger partial charge in [0, 0.05) is 5.56 Å². The van der Waals surface area contributed by atoms with Crippen molar-refractivity contribution in [1.29, 1.82) is 0 Å². The van der Waals surface area contributed by atoms with E-state index in [1.54, 1.807) is 0 Å². The van der Waals surface area contributed by atoms with Crippen LogP contribution in [0.5, 0.6) is 0 Å². The first-order chi connectivity index (χ1) is 9.65. The van der Waals surface area contributed by atoms with Gasteiger partial charge in [0.1, 0.15) is 0 Å². The van der Waals surface area contributed by atoms with E-state index in [0.717, 1.165) is 29.1 Å². The van der Waals surface area contributed by atoms with Crippen molar-refractivity contribution < 1.29 is 4.79 Å². The summed E-state index contributed by atoms with van der Waals surface area (Å²) in [5, 5.41) is 12.4. The number of aromatic nitrogens is 4. The van der Waals surface area contributed by atoms with Gasteiger partial charge < -0.3 is 0 Å². The largest absolute Gasteiger partial charge is 0.293 e. The summed E-state index contributed by atoms with van der Waals surface area (Å²) in [5.74, 6) is 0.495. The second-order valence-electron chi connectivity index (χ2n) is 5.17. The van der Waals surface area contributed by atoms with Crippen molar-refractivity contribution in [3.05, 3.63) is 34.9 Å². The Balaban J connectivity index is 1.68. The molecule has 0 unspecified atom stereocenters. The molecule has 0 amide bonds. The standard InChI is InChI=1S/C14H16N4OS/c1-9-3-6-12(10(2)7-9)13(19)8-20-14-15-16-17-18(14)11-4-5-11/h3,6-7,11H,4-5,8H2,1-2H3. The number of rotatable bonds is 5. The number of nitrogens with zero attached hydrogens (tertiary/aromatic N) is 4. The molecule has 1 saturated carbocycles. The first-order valence-corrected chi connectivity index (χ1v) is 7.65. The molecule has 1 aliphatic rings. The summed E-state index contributed by atoms with van der Waals surface area (Å²) in [6, 6.07) is 6.34. The molecule has 2 aromatic rings. The topological polar surface area (TPSA) is 60.7 Å². The molecule has 0 bridgehead atoms. The van der Waals surface area contributed by atoms with Crippen LogP contribution >= 0.6 is 11.8 Å². The maximum Gasteiger partial charge on any atom is 0.210 e. The van der Waals surface area contributed by atoms with E-state index in [2.05, 4.69) is 15.5 Å². The molecule has 3 rings (SSSR count). The fourth-order valence-corrected chi connectivity index (χ4v) is 2.99. The summed E-state index contributed by atoms with van der Waals surface area (Å²) >= 11 is 1.42. The summed E-state index contributed by atoms with van der Waals surface area (Å²) in [6.45, 7) is 4.00. The molecule has 104 valence electrons. The normalized spacial score (nSPS) is 14.5. The van der Waals surface area contributed by atoms with Gasteiger partial charge in [0.25, 0.3) is 0 Å². The third-order valence-corrected chi connectivity index (χ3v) is 4.30. The van der Waals surface area contributed by atoms with E-state index >= 15 is 0 Å². The molecule has 0 aliphatic heterocycles. The number of benzene rings is 1. The van der Waals surface area contributed by atoms with E-state index < -0.39 is 0 Å². The minimum absolute atomic E-state index is 0.123.